The lowest BCUT2D eigenvalue weighted by Crippen LogP contribution is -2.44. The van der Waals surface area contributed by atoms with Gasteiger partial charge in [0.1, 0.15) is 0 Å². The van der Waals surface area contributed by atoms with Gasteiger partial charge in [0, 0.05) is 28.0 Å². The number of halogens is 2. The number of rotatable bonds is 5. The summed E-state index contributed by atoms with van der Waals surface area (Å²) in [6.45, 7) is 5.24. The van der Waals surface area contributed by atoms with Crippen molar-refractivity contribution in [2.45, 2.75) is 12.5 Å². The van der Waals surface area contributed by atoms with E-state index in [0.717, 1.165) is 17.5 Å². The van der Waals surface area contributed by atoms with Gasteiger partial charge in [-0.1, -0.05) is 35.3 Å². The molecule has 0 spiro atoms. The van der Waals surface area contributed by atoms with Gasteiger partial charge in [-0.15, -0.1) is 17.9 Å². The summed E-state index contributed by atoms with van der Waals surface area (Å²) >= 11 is 14.2. The molecule has 2 heterocycles. The Morgan fingerprint density at radius 1 is 1.38 bits per heavy atom. The Hall–Kier alpha value is -1.33. The summed E-state index contributed by atoms with van der Waals surface area (Å²) in [7, 11) is 0. The van der Waals surface area contributed by atoms with Crippen LogP contribution in [-0.2, 0) is 11.2 Å². The highest BCUT2D eigenvalue weighted by Crippen LogP contribution is 2.40. The van der Waals surface area contributed by atoms with Crippen LogP contribution >= 0.6 is 34.5 Å². The van der Waals surface area contributed by atoms with Crippen LogP contribution in [0.15, 0.2) is 42.3 Å². The van der Waals surface area contributed by atoms with Gasteiger partial charge in [-0.3, -0.25) is 4.79 Å². The molecule has 3 rings (SSSR count). The second-order valence-electron chi connectivity index (χ2n) is 5.62. The van der Waals surface area contributed by atoms with Gasteiger partial charge in [-0.2, -0.15) is 0 Å². The molecule has 3 nitrogen and oxygen atoms in total. The van der Waals surface area contributed by atoms with E-state index < -0.39 is 0 Å². The van der Waals surface area contributed by atoms with Crippen molar-refractivity contribution in [3.63, 3.8) is 0 Å². The maximum absolute atomic E-state index is 12.7. The number of benzene rings is 1. The fraction of sp³-hybridized carbons (Fsp3) is 0.278. The molecule has 0 aliphatic carbocycles. The molecule has 0 saturated heterocycles. The van der Waals surface area contributed by atoms with Crippen LogP contribution in [0, 0.1) is 0 Å². The normalized spacial score (nSPS) is 16.8. The number of hydrogen-bond acceptors (Lipinski definition) is 3. The van der Waals surface area contributed by atoms with Gasteiger partial charge in [0.25, 0.3) is 0 Å². The predicted octanol–water partition coefficient (Wildman–Crippen LogP) is 4.30. The molecular formula is C18H18Cl2N2OS. The van der Waals surface area contributed by atoms with Crippen molar-refractivity contribution in [2.75, 3.05) is 19.6 Å². The van der Waals surface area contributed by atoms with Crippen molar-refractivity contribution >= 4 is 40.4 Å². The molecule has 2 aromatic rings. The van der Waals surface area contributed by atoms with Gasteiger partial charge in [0.2, 0.25) is 5.91 Å². The fourth-order valence-corrected chi connectivity index (χ4v) is 4.44. The minimum Gasteiger partial charge on any atom is -0.330 e. The van der Waals surface area contributed by atoms with Crippen LogP contribution in [0.3, 0.4) is 0 Å². The molecule has 0 fully saturated rings. The summed E-state index contributed by atoms with van der Waals surface area (Å²) in [5.74, 6) is 0.0599. The molecule has 1 amide bonds. The highest BCUT2D eigenvalue weighted by atomic mass is 35.5. The Labute approximate surface area is 155 Å². The molecule has 1 aliphatic heterocycles. The summed E-state index contributed by atoms with van der Waals surface area (Å²) in [5, 5.41) is 6.34. The first-order valence-corrected chi connectivity index (χ1v) is 9.37. The van der Waals surface area contributed by atoms with Gasteiger partial charge in [-0.05, 0) is 41.1 Å². The van der Waals surface area contributed by atoms with E-state index in [-0.39, 0.29) is 18.5 Å². The van der Waals surface area contributed by atoms with Crippen LogP contribution in [-0.4, -0.2) is 30.4 Å². The lowest BCUT2D eigenvalue weighted by Gasteiger charge is -2.37. The number of thiophene rings is 1. The monoisotopic (exact) mass is 380 g/mol. The van der Waals surface area contributed by atoms with Crippen LogP contribution < -0.4 is 5.32 Å². The minimum absolute atomic E-state index is 0.0599. The third-order valence-corrected chi connectivity index (χ3v) is 5.67. The quantitative estimate of drug-likeness (QED) is 0.619. The summed E-state index contributed by atoms with van der Waals surface area (Å²) in [4.78, 5) is 15.9. The minimum atomic E-state index is -0.164. The molecule has 126 valence electrons. The van der Waals surface area contributed by atoms with E-state index in [1.54, 1.807) is 23.5 Å². The Bertz CT molecular complexity index is 759. The Morgan fingerprint density at radius 2 is 2.21 bits per heavy atom. The lowest BCUT2D eigenvalue weighted by molar-refractivity contribution is -0.132. The molecule has 0 saturated carbocycles. The average molecular weight is 381 g/mol. The zero-order chi connectivity index (χ0) is 17.1. The second-order valence-corrected chi connectivity index (χ2v) is 7.47. The number of amides is 1. The van der Waals surface area contributed by atoms with E-state index in [4.69, 9.17) is 23.2 Å². The summed E-state index contributed by atoms with van der Waals surface area (Å²) in [5.41, 5.74) is 2.07. The topological polar surface area (TPSA) is 32.3 Å². The number of nitrogens with one attached hydrogen (secondary N) is 1. The van der Waals surface area contributed by atoms with Crippen molar-refractivity contribution < 1.29 is 4.79 Å². The fourth-order valence-electron chi connectivity index (χ4n) is 3.03. The van der Waals surface area contributed by atoms with E-state index in [0.29, 0.717) is 23.1 Å². The van der Waals surface area contributed by atoms with Crippen molar-refractivity contribution in [3.8, 4) is 0 Å². The van der Waals surface area contributed by atoms with Crippen molar-refractivity contribution in [1.29, 1.82) is 0 Å². The van der Waals surface area contributed by atoms with Gasteiger partial charge in [0.15, 0.2) is 0 Å². The lowest BCUT2D eigenvalue weighted by atomic mass is 9.93. The SMILES string of the molecule is C=CCNCC(=O)N1CCc2sccc2[C@H]1c1ccc(Cl)cc1Cl. The molecule has 1 aliphatic rings. The number of nitrogens with zero attached hydrogens (tertiary/aromatic N) is 1. The van der Waals surface area contributed by atoms with Gasteiger partial charge in [-0.25, -0.2) is 0 Å². The summed E-state index contributed by atoms with van der Waals surface area (Å²) in [6.07, 6.45) is 2.62. The van der Waals surface area contributed by atoms with Gasteiger partial charge in [0.05, 0.1) is 12.6 Å². The van der Waals surface area contributed by atoms with Crippen molar-refractivity contribution in [3.05, 3.63) is 68.3 Å². The third-order valence-electron chi connectivity index (χ3n) is 4.11. The molecule has 24 heavy (non-hydrogen) atoms. The first-order valence-electron chi connectivity index (χ1n) is 7.74. The zero-order valence-corrected chi connectivity index (χ0v) is 15.4. The zero-order valence-electron chi connectivity index (χ0n) is 13.1. The maximum Gasteiger partial charge on any atom is 0.237 e. The van der Waals surface area contributed by atoms with E-state index >= 15 is 0 Å². The van der Waals surface area contributed by atoms with E-state index in [9.17, 15) is 4.79 Å². The second kappa shape index (κ2) is 7.70. The van der Waals surface area contributed by atoms with E-state index in [1.165, 1.54) is 4.88 Å². The highest BCUT2D eigenvalue weighted by molar-refractivity contribution is 7.10. The van der Waals surface area contributed by atoms with Crippen LogP contribution in [0.2, 0.25) is 10.0 Å². The molecule has 1 atom stereocenters. The van der Waals surface area contributed by atoms with Crippen molar-refractivity contribution in [1.82, 2.24) is 10.2 Å². The van der Waals surface area contributed by atoms with Crippen LogP contribution in [0.1, 0.15) is 22.0 Å². The standard InChI is InChI=1S/C18H18Cl2N2OS/c1-2-7-21-11-17(23)22-8-5-16-14(6-9-24-16)18(22)13-4-3-12(19)10-15(13)20/h2-4,6,9-10,18,21H,1,5,7-8,11H2/t18-/m1/s1. The molecule has 0 unspecified atom stereocenters. The predicted molar refractivity (Wildman–Crippen MR) is 101 cm³/mol. The smallest absolute Gasteiger partial charge is 0.237 e. The van der Waals surface area contributed by atoms with E-state index in [2.05, 4.69) is 23.3 Å². The van der Waals surface area contributed by atoms with Gasteiger partial charge >= 0.3 is 0 Å². The molecule has 1 aromatic heterocycles. The highest BCUT2D eigenvalue weighted by Gasteiger charge is 2.33. The Kier molecular flexibility index (Phi) is 5.61. The number of fused-ring (bicyclic) bond motifs is 1. The van der Waals surface area contributed by atoms with Crippen molar-refractivity contribution in [2.24, 2.45) is 0 Å². The van der Waals surface area contributed by atoms with Crippen LogP contribution in [0.4, 0.5) is 0 Å². The molecule has 0 bridgehead atoms. The van der Waals surface area contributed by atoms with E-state index in [1.807, 2.05) is 17.0 Å². The Balaban J connectivity index is 1.96. The maximum atomic E-state index is 12.7. The number of carbonyl (C=O) groups is 1. The summed E-state index contributed by atoms with van der Waals surface area (Å²) < 4.78 is 0. The molecular weight excluding hydrogens is 363 g/mol. The summed E-state index contributed by atoms with van der Waals surface area (Å²) in [6, 6.07) is 7.40. The molecule has 0 radical (unpaired) electrons. The molecule has 6 heteroatoms. The first-order chi connectivity index (χ1) is 11.6. The Morgan fingerprint density at radius 3 is 2.96 bits per heavy atom. The average Bonchev–Trinajstić information content (AvgIpc) is 3.03. The van der Waals surface area contributed by atoms with Crippen LogP contribution in [0.5, 0.6) is 0 Å². The first kappa shape index (κ1) is 17.5. The largest absolute Gasteiger partial charge is 0.330 e. The number of carbonyl (C=O) groups excluding carboxylic acids is 1. The van der Waals surface area contributed by atoms with Crippen LogP contribution in [0.25, 0.3) is 0 Å². The number of hydrogen-bond donors (Lipinski definition) is 1. The molecule has 1 N–H and O–H groups in total. The van der Waals surface area contributed by atoms with Gasteiger partial charge < -0.3 is 10.2 Å². The molecule has 1 aromatic carbocycles. The third kappa shape index (κ3) is 3.52.